The number of hydrogen-bond acceptors (Lipinski definition) is 6. The molecule has 116 valence electrons. The van der Waals surface area contributed by atoms with Crippen LogP contribution in [0.4, 0.5) is 10.5 Å². The molecule has 9 nitrogen and oxygen atoms in total. The minimum absolute atomic E-state index is 0.0164. The van der Waals surface area contributed by atoms with Crippen LogP contribution in [0.25, 0.3) is 0 Å². The summed E-state index contributed by atoms with van der Waals surface area (Å²) >= 11 is 0. The first kappa shape index (κ1) is 15.4. The number of nitrogens with zero attached hydrogens (tertiary/aromatic N) is 1. The van der Waals surface area contributed by atoms with E-state index in [1.54, 1.807) is 0 Å². The molecule has 9 heteroatoms. The molecule has 0 aliphatic carbocycles. The van der Waals surface area contributed by atoms with Gasteiger partial charge in [0.05, 0.1) is 12.7 Å². The zero-order chi connectivity index (χ0) is 16.3. The van der Waals surface area contributed by atoms with Gasteiger partial charge in [0.15, 0.2) is 0 Å². The first-order valence-electron chi connectivity index (χ1n) is 6.33. The van der Waals surface area contributed by atoms with Crippen LogP contribution in [-0.4, -0.2) is 37.0 Å². The molecule has 4 amide bonds. The van der Waals surface area contributed by atoms with E-state index < -0.39 is 23.4 Å². The zero-order valence-electron chi connectivity index (χ0n) is 11.9. The second kappa shape index (κ2) is 5.80. The predicted molar refractivity (Wildman–Crippen MR) is 75.9 cm³/mol. The fourth-order valence-corrected chi connectivity index (χ4v) is 1.96. The monoisotopic (exact) mass is 306 g/mol. The molecule has 1 saturated heterocycles. The average Bonchev–Trinajstić information content (AvgIpc) is 2.77. The van der Waals surface area contributed by atoms with Crippen LogP contribution in [0.15, 0.2) is 23.4 Å². The van der Waals surface area contributed by atoms with Crippen LogP contribution < -0.4 is 20.7 Å². The van der Waals surface area contributed by atoms with Crippen molar-refractivity contribution >= 4 is 23.5 Å². The highest BCUT2D eigenvalue weighted by Crippen LogP contribution is 2.24. The number of nitroso groups, excluding NO2 is 1. The minimum atomic E-state index is -1.25. The molecule has 1 aliphatic rings. The number of imide groups is 1. The van der Waals surface area contributed by atoms with Crippen molar-refractivity contribution in [2.75, 3.05) is 13.7 Å². The van der Waals surface area contributed by atoms with Gasteiger partial charge in [0, 0.05) is 6.54 Å². The average molecular weight is 306 g/mol. The van der Waals surface area contributed by atoms with Gasteiger partial charge < -0.3 is 15.4 Å². The molecule has 0 radical (unpaired) electrons. The Hall–Kier alpha value is -2.97. The van der Waals surface area contributed by atoms with Crippen molar-refractivity contribution in [2.24, 2.45) is 5.18 Å². The molecule has 1 heterocycles. The van der Waals surface area contributed by atoms with E-state index in [0.29, 0.717) is 5.75 Å². The molecule has 1 aliphatic heterocycles. The van der Waals surface area contributed by atoms with Crippen LogP contribution in [-0.2, 0) is 4.79 Å². The lowest BCUT2D eigenvalue weighted by Crippen LogP contribution is -2.52. The van der Waals surface area contributed by atoms with Crippen molar-refractivity contribution < 1.29 is 19.1 Å². The molecule has 1 fully saturated rings. The second-order valence-electron chi connectivity index (χ2n) is 4.90. The van der Waals surface area contributed by atoms with Crippen molar-refractivity contribution in [2.45, 2.75) is 12.5 Å². The molecule has 0 saturated carbocycles. The van der Waals surface area contributed by atoms with E-state index in [1.807, 2.05) is 0 Å². The normalized spacial score (nSPS) is 20.1. The number of rotatable bonds is 5. The van der Waals surface area contributed by atoms with Gasteiger partial charge in [-0.05, 0) is 30.3 Å². The minimum Gasteiger partial charge on any atom is -0.497 e. The van der Waals surface area contributed by atoms with Crippen LogP contribution in [0.5, 0.6) is 5.75 Å². The fourth-order valence-electron chi connectivity index (χ4n) is 1.96. The molecule has 1 aromatic carbocycles. The van der Waals surface area contributed by atoms with Gasteiger partial charge in [-0.15, -0.1) is 4.91 Å². The lowest BCUT2D eigenvalue weighted by molar-refractivity contribution is -0.123. The number of carbonyl (C=O) groups excluding carboxylic acids is 3. The number of carbonyl (C=O) groups is 3. The quantitative estimate of drug-likeness (QED) is 0.537. The van der Waals surface area contributed by atoms with Gasteiger partial charge in [-0.3, -0.25) is 14.9 Å². The van der Waals surface area contributed by atoms with Gasteiger partial charge in [-0.25, -0.2) is 4.79 Å². The third-order valence-electron chi connectivity index (χ3n) is 3.27. The maximum Gasteiger partial charge on any atom is 0.322 e. The Bertz CT molecular complexity index is 660. The van der Waals surface area contributed by atoms with Crippen LogP contribution in [0.1, 0.15) is 17.3 Å². The third kappa shape index (κ3) is 2.87. The fraction of sp³-hybridized carbons (Fsp3) is 0.308. The van der Waals surface area contributed by atoms with E-state index in [4.69, 9.17) is 4.74 Å². The first-order chi connectivity index (χ1) is 10.4. The lowest BCUT2D eigenvalue weighted by Gasteiger charge is -2.21. The molecule has 3 N–H and O–H groups in total. The van der Waals surface area contributed by atoms with Crippen LogP contribution in [0, 0.1) is 4.91 Å². The standard InChI is InChI=1S/C13H14N4O5/c1-13(11(19)15-12(20)16-13)6-14-10(18)8-5-7(22-2)3-4-9(8)17-21/h3-5H,6H2,1-2H3,(H,14,18)(H2,15,16,19,20). The molecule has 0 spiro atoms. The van der Waals surface area contributed by atoms with Gasteiger partial charge in [-0.2, -0.15) is 0 Å². The maximum absolute atomic E-state index is 12.2. The number of ether oxygens (including phenoxy) is 1. The molecule has 22 heavy (non-hydrogen) atoms. The number of hydrogen-bond donors (Lipinski definition) is 3. The number of urea groups is 1. The highest BCUT2D eigenvalue weighted by molar-refractivity contribution is 6.07. The van der Waals surface area contributed by atoms with Crippen molar-refractivity contribution in [1.82, 2.24) is 16.0 Å². The number of methoxy groups -OCH3 is 1. The topological polar surface area (TPSA) is 126 Å². The number of benzene rings is 1. The summed E-state index contributed by atoms with van der Waals surface area (Å²) < 4.78 is 4.99. The summed E-state index contributed by atoms with van der Waals surface area (Å²) in [6.45, 7) is 1.33. The predicted octanol–water partition coefficient (Wildman–Crippen LogP) is 0.421. The molecule has 1 aromatic rings. The van der Waals surface area contributed by atoms with E-state index in [-0.39, 0.29) is 17.8 Å². The molecule has 0 aromatic heterocycles. The largest absolute Gasteiger partial charge is 0.497 e. The van der Waals surface area contributed by atoms with Crippen LogP contribution >= 0.6 is 0 Å². The van der Waals surface area contributed by atoms with Gasteiger partial charge in [-0.1, -0.05) is 0 Å². The Morgan fingerprint density at radius 2 is 2.14 bits per heavy atom. The summed E-state index contributed by atoms with van der Waals surface area (Å²) in [6, 6.07) is 3.59. The lowest BCUT2D eigenvalue weighted by atomic mass is 10.0. The van der Waals surface area contributed by atoms with E-state index >= 15 is 0 Å². The smallest absolute Gasteiger partial charge is 0.322 e. The van der Waals surface area contributed by atoms with Gasteiger partial charge >= 0.3 is 6.03 Å². The third-order valence-corrected chi connectivity index (χ3v) is 3.27. The summed E-state index contributed by atoms with van der Waals surface area (Å²) in [6.07, 6.45) is 0. The maximum atomic E-state index is 12.2. The second-order valence-corrected chi connectivity index (χ2v) is 4.90. The van der Waals surface area contributed by atoms with Gasteiger partial charge in [0.2, 0.25) is 0 Å². The number of amides is 4. The van der Waals surface area contributed by atoms with Crippen molar-refractivity contribution in [3.8, 4) is 5.75 Å². The SMILES string of the molecule is COc1ccc(N=O)c(C(=O)NCC2(C)NC(=O)NC2=O)c1. The van der Waals surface area contributed by atoms with E-state index in [2.05, 4.69) is 21.1 Å². The molecule has 2 rings (SSSR count). The highest BCUT2D eigenvalue weighted by atomic mass is 16.5. The summed E-state index contributed by atoms with van der Waals surface area (Å²) in [4.78, 5) is 45.7. The Kier molecular flexibility index (Phi) is 4.06. The highest BCUT2D eigenvalue weighted by Gasteiger charge is 2.42. The Morgan fingerprint density at radius 3 is 2.68 bits per heavy atom. The summed E-state index contributed by atoms with van der Waals surface area (Å²) in [5, 5.41) is 9.76. The first-order valence-corrected chi connectivity index (χ1v) is 6.33. The van der Waals surface area contributed by atoms with Crippen LogP contribution in [0.2, 0.25) is 0 Å². The number of nitrogens with one attached hydrogen (secondary N) is 3. The Balaban J connectivity index is 2.14. The van der Waals surface area contributed by atoms with Crippen molar-refractivity contribution in [1.29, 1.82) is 0 Å². The molecular formula is C13H14N4O5. The summed E-state index contributed by atoms with van der Waals surface area (Å²) in [5.74, 6) is -0.767. The Labute approximate surface area is 125 Å². The molecule has 1 unspecified atom stereocenters. The Morgan fingerprint density at radius 1 is 1.41 bits per heavy atom. The molecular weight excluding hydrogens is 292 g/mol. The summed E-state index contributed by atoms with van der Waals surface area (Å²) in [5.41, 5.74) is -1.29. The zero-order valence-corrected chi connectivity index (χ0v) is 11.9. The van der Waals surface area contributed by atoms with Crippen molar-refractivity contribution in [3.63, 3.8) is 0 Å². The van der Waals surface area contributed by atoms with Crippen LogP contribution in [0.3, 0.4) is 0 Å². The van der Waals surface area contributed by atoms with Gasteiger partial charge in [0.25, 0.3) is 11.8 Å². The van der Waals surface area contributed by atoms with E-state index in [9.17, 15) is 19.3 Å². The molecule has 0 bridgehead atoms. The van der Waals surface area contributed by atoms with E-state index in [0.717, 1.165) is 0 Å². The van der Waals surface area contributed by atoms with E-state index in [1.165, 1.54) is 32.2 Å². The molecule has 1 atom stereocenters. The summed E-state index contributed by atoms with van der Waals surface area (Å²) in [7, 11) is 1.42. The van der Waals surface area contributed by atoms with Gasteiger partial charge in [0.1, 0.15) is 17.0 Å². The van der Waals surface area contributed by atoms with Crippen molar-refractivity contribution in [3.05, 3.63) is 28.7 Å².